The molecule has 0 aliphatic rings. The number of rotatable bonds is 4. The Kier molecular flexibility index (Phi) is 3.40. The number of hydrogen-bond donors (Lipinski definition) is 2. The number of aliphatic hydroxyl groups is 1. The topological polar surface area (TPSA) is 64.7 Å². The van der Waals surface area contributed by atoms with Crippen molar-refractivity contribution < 1.29 is 14.6 Å². The van der Waals surface area contributed by atoms with Crippen molar-refractivity contribution in [2.75, 3.05) is 26.1 Å². The molecule has 1 aromatic rings. The SMILES string of the molecule is COc1cc(N)ccc1OCCO. The van der Waals surface area contributed by atoms with Crippen LogP contribution >= 0.6 is 0 Å². The monoisotopic (exact) mass is 183 g/mol. The molecule has 0 amide bonds. The van der Waals surface area contributed by atoms with E-state index < -0.39 is 0 Å². The number of hydrogen-bond acceptors (Lipinski definition) is 4. The van der Waals surface area contributed by atoms with E-state index in [1.165, 1.54) is 0 Å². The average Bonchev–Trinajstić information content (AvgIpc) is 2.16. The van der Waals surface area contributed by atoms with Gasteiger partial charge in [-0.2, -0.15) is 0 Å². The Morgan fingerprint density at radius 1 is 1.38 bits per heavy atom. The van der Waals surface area contributed by atoms with Crippen LogP contribution < -0.4 is 15.2 Å². The summed E-state index contributed by atoms with van der Waals surface area (Å²) in [6.45, 7) is 0.230. The number of anilines is 1. The quantitative estimate of drug-likeness (QED) is 0.672. The molecule has 0 radical (unpaired) electrons. The molecule has 0 saturated carbocycles. The molecule has 1 rings (SSSR count). The van der Waals surface area contributed by atoms with Crippen molar-refractivity contribution >= 4 is 5.69 Å². The minimum absolute atomic E-state index is 0.0203. The van der Waals surface area contributed by atoms with E-state index in [0.717, 1.165) is 0 Å². The molecule has 0 saturated heterocycles. The van der Waals surface area contributed by atoms with Gasteiger partial charge in [-0.3, -0.25) is 0 Å². The third-order valence-corrected chi connectivity index (χ3v) is 1.54. The van der Waals surface area contributed by atoms with Crippen LogP contribution in [0.5, 0.6) is 11.5 Å². The second-order valence-electron chi connectivity index (χ2n) is 2.48. The smallest absolute Gasteiger partial charge is 0.162 e. The fourth-order valence-electron chi connectivity index (χ4n) is 0.959. The second-order valence-corrected chi connectivity index (χ2v) is 2.48. The molecule has 0 aromatic heterocycles. The highest BCUT2D eigenvalue weighted by Gasteiger charge is 2.03. The molecule has 13 heavy (non-hydrogen) atoms. The summed E-state index contributed by atoms with van der Waals surface area (Å²) in [4.78, 5) is 0. The van der Waals surface area contributed by atoms with Crippen LogP contribution in [0.2, 0.25) is 0 Å². The minimum Gasteiger partial charge on any atom is -0.493 e. The van der Waals surface area contributed by atoms with E-state index in [1.807, 2.05) is 0 Å². The molecule has 72 valence electrons. The fraction of sp³-hybridized carbons (Fsp3) is 0.333. The van der Waals surface area contributed by atoms with Crippen molar-refractivity contribution in [3.05, 3.63) is 18.2 Å². The summed E-state index contributed by atoms with van der Waals surface area (Å²) in [6.07, 6.45) is 0. The van der Waals surface area contributed by atoms with E-state index in [-0.39, 0.29) is 13.2 Å². The summed E-state index contributed by atoms with van der Waals surface area (Å²) >= 11 is 0. The van der Waals surface area contributed by atoms with Gasteiger partial charge in [-0.25, -0.2) is 0 Å². The summed E-state index contributed by atoms with van der Waals surface area (Å²) in [7, 11) is 1.54. The van der Waals surface area contributed by atoms with E-state index in [9.17, 15) is 0 Å². The van der Waals surface area contributed by atoms with Crippen LogP contribution in [-0.4, -0.2) is 25.4 Å². The molecular formula is C9H13NO3. The summed E-state index contributed by atoms with van der Waals surface area (Å²) in [5.41, 5.74) is 6.17. The Bertz CT molecular complexity index is 276. The van der Waals surface area contributed by atoms with Gasteiger partial charge in [0.15, 0.2) is 11.5 Å². The molecule has 1 aromatic carbocycles. The Labute approximate surface area is 76.9 Å². The zero-order chi connectivity index (χ0) is 9.68. The molecular weight excluding hydrogens is 170 g/mol. The van der Waals surface area contributed by atoms with Crippen LogP contribution in [0.3, 0.4) is 0 Å². The number of methoxy groups -OCH3 is 1. The highest BCUT2D eigenvalue weighted by molar-refractivity contribution is 5.51. The molecule has 0 unspecified atom stereocenters. The Balaban J connectivity index is 2.79. The van der Waals surface area contributed by atoms with Gasteiger partial charge >= 0.3 is 0 Å². The lowest BCUT2D eigenvalue weighted by Crippen LogP contribution is -2.03. The van der Waals surface area contributed by atoms with Gasteiger partial charge in [-0.15, -0.1) is 0 Å². The van der Waals surface area contributed by atoms with Crippen molar-refractivity contribution in [2.24, 2.45) is 0 Å². The lowest BCUT2D eigenvalue weighted by atomic mass is 10.3. The van der Waals surface area contributed by atoms with Gasteiger partial charge in [0.1, 0.15) is 6.61 Å². The first kappa shape index (κ1) is 9.67. The molecule has 4 nitrogen and oxygen atoms in total. The van der Waals surface area contributed by atoms with Gasteiger partial charge in [0.2, 0.25) is 0 Å². The van der Waals surface area contributed by atoms with Crippen LogP contribution in [0.25, 0.3) is 0 Å². The van der Waals surface area contributed by atoms with Gasteiger partial charge in [-0.1, -0.05) is 0 Å². The largest absolute Gasteiger partial charge is 0.493 e. The second kappa shape index (κ2) is 4.57. The number of nitrogens with two attached hydrogens (primary N) is 1. The molecule has 3 N–H and O–H groups in total. The van der Waals surface area contributed by atoms with Crippen molar-refractivity contribution in [3.63, 3.8) is 0 Å². The molecule has 0 atom stereocenters. The Hall–Kier alpha value is -1.42. The first-order valence-corrected chi connectivity index (χ1v) is 3.95. The molecule has 4 heteroatoms. The summed E-state index contributed by atoms with van der Waals surface area (Å²) in [5.74, 6) is 1.17. The lowest BCUT2D eigenvalue weighted by Gasteiger charge is -2.09. The van der Waals surface area contributed by atoms with Crippen LogP contribution in [0.15, 0.2) is 18.2 Å². The normalized spacial score (nSPS) is 9.69. The van der Waals surface area contributed by atoms with Crippen molar-refractivity contribution in [2.45, 2.75) is 0 Å². The molecule has 0 aliphatic carbocycles. The maximum atomic E-state index is 8.56. The highest BCUT2D eigenvalue weighted by Crippen LogP contribution is 2.28. The fourth-order valence-corrected chi connectivity index (χ4v) is 0.959. The van der Waals surface area contributed by atoms with E-state index in [1.54, 1.807) is 25.3 Å². The van der Waals surface area contributed by atoms with Gasteiger partial charge in [-0.05, 0) is 12.1 Å². The summed E-state index contributed by atoms with van der Waals surface area (Å²) in [5, 5.41) is 8.56. The van der Waals surface area contributed by atoms with Crippen molar-refractivity contribution in [1.29, 1.82) is 0 Å². The maximum absolute atomic E-state index is 8.56. The molecule has 0 bridgehead atoms. The first-order valence-electron chi connectivity index (χ1n) is 3.95. The van der Waals surface area contributed by atoms with Crippen LogP contribution in [0.1, 0.15) is 0 Å². The molecule has 0 heterocycles. The van der Waals surface area contributed by atoms with E-state index in [4.69, 9.17) is 20.3 Å². The van der Waals surface area contributed by atoms with Gasteiger partial charge in [0.25, 0.3) is 0 Å². The zero-order valence-electron chi connectivity index (χ0n) is 7.49. The first-order chi connectivity index (χ1) is 6.27. The van der Waals surface area contributed by atoms with Crippen molar-refractivity contribution in [3.8, 4) is 11.5 Å². The number of nitrogen functional groups attached to an aromatic ring is 1. The predicted octanol–water partition coefficient (Wildman–Crippen LogP) is 0.649. The third kappa shape index (κ3) is 2.52. The van der Waals surface area contributed by atoms with Gasteiger partial charge < -0.3 is 20.3 Å². The maximum Gasteiger partial charge on any atom is 0.162 e. The summed E-state index contributed by atoms with van der Waals surface area (Å²) in [6, 6.07) is 5.10. The average molecular weight is 183 g/mol. The Morgan fingerprint density at radius 3 is 2.77 bits per heavy atom. The van der Waals surface area contributed by atoms with Crippen LogP contribution in [0, 0.1) is 0 Å². The standard InChI is InChI=1S/C9H13NO3/c1-12-9-6-7(10)2-3-8(9)13-5-4-11/h2-3,6,11H,4-5,10H2,1H3. The van der Waals surface area contributed by atoms with Crippen molar-refractivity contribution in [1.82, 2.24) is 0 Å². The van der Waals surface area contributed by atoms with E-state index in [0.29, 0.717) is 17.2 Å². The molecule has 0 aliphatic heterocycles. The van der Waals surface area contributed by atoms with Crippen LogP contribution in [-0.2, 0) is 0 Å². The highest BCUT2D eigenvalue weighted by atomic mass is 16.5. The van der Waals surface area contributed by atoms with Gasteiger partial charge in [0.05, 0.1) is 13.7 Å². The third-order valence-electron chi connectivity index (χ3n) is 1.54. The Morgan fingerprint density at radius 2 is 2.15 bits per heavy atom. The molecule has 0 spiro atoms. The minimum atomic E-state index is -0.0203. The van der Waals surface area contributed by atoms with Gasteiger partial charge in [0, 0.05) is 11.8 Å². The van der Waals surface area contributed by atoms with E-state index >= 15 is 0 Å². The number of aliphatic hydroxyl groups excluding tert-OH is 1. The van der Waals surface area contributed by atoms with E-state index in [2.05, 4.69) is 0 Å². The zero-order valence-corrected chi connectivity index (χ0v) is 7.49. The lowest BCUT2D eigenvalue weighted by molar-refractivity contribution is 0.196. The number of benzene rings is 1. The van der Waals surface area contributed by atoms with Crippen LogP contribution in [0.4, 0.5) is 5.69 Å². The summed E-state index contributed by atoms with van der Waals surface area (Å²) < 4.78 is 10.2. The number of ether oxygens (including phenoxy) is 2. The predicted molar refractivity (Wildman–Crippen MR) is 50.0 cm³/mol. The molecule has 0 fully saturated rings.